The molecule has 2 unspecified atom stereocenters. The average Bonchev–Trinajstić information content (AvgIpc) is 3.53. The van der Waals surface area contributed by atoms with Crippen LogP contribution in [0.15, 0.2) is 42.5 Å². The molecule has 0 bridgehead atoms. The number of aliphatic hydroxyl groups is 1. The molecule has 4 rings (SSSR count). The van der Waals surface area contributed by atoms with Gasteiger partial charge < -0.3 is 14.6 Å². The molecule has 29 heavy (non-hydrogen) atoms. The first-order valence-corrected chi connectivity index (χ1v) is 10.8. The number of methoxy groups -OCH3 is 1. The second-order valence-corrected chi connectivity index (χ2v) is 8.83. The van der Waals surface area contributed by atoms with E-state index in [4.69, 9.17) is 9.47 Å². The maximum atomic E-state index is 14.1. The van der Waals surface area contributed by atoms with Crippen LogP contribution in [0.2, 0.25) is 0 Å². The lowest BCUT2D eigenvalue weighted by molar-refractivity contribution is 0.156. The van der Waals surface area contributed by atoms with Crippen LogP contribution in [0.4, 0.5) is 4.39 Å². The van der Waals surface area contributed by atoms with Gasteiger partial charge in [0.15, 0.2) is 0 Å². The van der Waals surface area contributed by atoms with Gasteiger partial charge in [0, 0.05) is 6.61 Å². The van der Waals surface area contributed by atoms with Gasteiger partial charge in [-0.1, -0.05) is 19.1 Å². The molecule has 0 spiro atoms. The summed E-state index contributed by atoms with van der Waals surface area (Å²) >= 11 is 0. The highest BCUT2D eigenvalue weighted by molar-refractivity contribution is 5.34. The molecule has 0 aromatic heterocycles. The highest BCUT2D eigenvalue weighted by Crippen LogP contribution is 2.47. The second kappa shape index (κ2) is 8.74. The van der Waals surface area contributed by atoms with Gasteiger partial charge in [-0.15, -0.1) is 0 Å². The first-order chi connectivity index (χ1) is 14.1. The lowest BCUT2D eigenvalue weighted by Crippen LogP contribution is -2.27. The zero-order valence-electron chi connectivity index (χ0n) is 17.3. The monoisotopic (exact) mass is 398 g/mol. The summed E-state index contributed by atoms with van der Waals surface area (Å²) in [4.78, 5) is 0. The van der Waals surface area contributed by atoms with Crippen LogP contribution in [0.1, 0.15) is 55.6 Å². The summed E-state index contributed by atoms with van der Waals surface area (Å²) in [6, 6.07) is 13.3. The van der Waals surface area contributed by atoms with Crippen molar-refractivity contribution in [3.8, 4) is 11.5 Å². The number of halogens is 1. The Bertz CT molecular complexity index is 827. The maximum Gasteiger partial charge on any atom is 0.126 e. The van der Waals surface area contributed by atoms with Crippen LogP contribution in [0.25, 0.3) is 0 Å². The highest BCUT2D eigenvalue weighted by Gasteiger charge is 2.36. The summed E-state index contributed by atoms with van der Waals surface area (Å²) in [5, 5.41) is 9.63. The highest BCUT2D eigenvalue weighted by atomic mass is 19.1. The zero-order chi connectivity index (χ0) is 20.4. The van der Waals surface area contributed by atoms with E-state index in [-0.39, 0.29) is 24.3 Å². The summed E-state index contributed by atoms with van der Waals surface area (Å²) in [7, 11) is 1.61. The van der Waals surface area contributed by atoms with Crippen LogP contribution in [0.3, 0.4) is 0 Å². The predicted molar refractivity (Wildman–Crippen MR) is 112 cm³/mol. The minimum absolute atomic E-state index is 0.146. The van der Waals surface area contributed by atoms with Crippen molar-refractivity contribution in [3.05, 3.63) is 59.4 Å². The number of hydrogen-bond acceptors (Lipinski definition) is 3. The van der Waals surface area contributed by atoms with Gasteiger partial charge in [0.2, 0.25) is 0 Å². The first kappa shape index (κ1) is 20.2. The molecule has 4 heteroatoms. The SMILES string of the molecule is COc1ccc(F)c(C2CC(COc3cccc(C(C(C)CO)C4CC4)c3)C2)c1. The summed E-state index contributed by atoms with van der Waals surface area (Å²) in [6.07, 6.45) is 4.39. The van der Waals surface area contributed by atoms with Gasteiger partial charge in [0.25, 0.3) is 0 Å². The normalized spacial score (nSPS) is 23.2. The van der Waals surface area contributed by atoms with Crippen LogP contribution in [-0.4, -0.2) is 25.4 Å². The molecule has 0 heterocycles. The third-order valence-electron chi connectivity index (χ3n) is 6.64. The van der Waals surface area contributed by atoms with Gasteiger partial charge >= 0.3 is 0 Å². The number of hydrogen-bond donors (Lipinski definition) is 1. The number of aliphatic hydroxyl groups excluding tert-OH is 1. The van der Waals surface area contributed by atoms with E-state index in [0.717, 1.165) is 24.2 Å². The Morgan fingerprint density at radius 3 is 2.59 bits per heavy atom. The fraction of sp³-hybridized carbons (Fsp3) is 0.520. The summed E-state index contributed by atoms with van der Waals surface area (Å²) in [6.45, 7) is 3.01. The van der Waals surface area contributed by atoms with Crippen LogP contribution in [0, 0.1) is 23.6 Å². The molecule has 2 fully saturated rings. The number of benzene rings is 2. The number of rotatable bonds is 9. The van der Waals surface area contributed by atoms with E-state index in [1.807, 2.05) is 12.1 Å². The van der Waals surface area contributed by atoms with E-state index in [1.165, 1.54) is 24.5 Å². The third kappa shape index (κ3) is 4.58. The molecule has 2 atom stereocenters. The first-order valence-electron chi connectivity index (χ1n) is 10.8. The summed E-state index contributed by atoms with van der Waals surface area (Å²) in [5.41, 5.74) is 2.03. The average molecular weight is 399 g/mol. The fourth-order valence-electron chi connectivity index (χ4n) is 4.75. The van der Waals surface area contributed by atoms with Crippen molar-refractivity contribution in [2.45, 2.75) is 44.4 Å². The Morgan fingerprint density at radius 1 is 1.10 bits per heavy atom. The topological polar surface area (TPSA) is 38.7 Å². The maximum absolute atomic E-state index is 14.1. The van der Waals surface area contributed by atoms with E-state index in [2.05, 4.69) is 25.1 Å². The van der Waals surface area contributed by atoms with Crippen molar-refractivity contribution in [1.82, 2.24) is 0 Å². The Kier molecular flexibility index (Phi) is 6.09. The van der Waals surface area contributed by atoms with Crippen molar-refractivity contribution < 1.29 is 19.0 Å². The predicted octanol–water partition coefficient (Wildman–Crippen LogP) is 5.53. The van der Waals surface area contributed by atoms with Gasteiger partial charge in [0.05, 0.1) is 13.7 Å². The molecule has 0 radical (unpaired) electrons. The van der Waals surface area contributed by atoms with Crippen LogP contribution >= 0.6 is 0 Å². The fourth-order valence-corrected chi connectivity index (χ4v) is 4.75. The van der Waals surface area contributed by atoms with Crippen molar-refractivity contribution in [1.29, 1.82) is 0 Å². The van der Waals surface area contributed by atoms with Crippen LogP contribution < -0.4 is 9.47 Å². The van der Waals surface area contributed by atoms with Crippen LogP contribution in [-0.2, 0) is 0 Å². The van der Waals surface area contributed by atoms with Crippen molar-refractivity contribution in [2.75, 3.05) is 20.3 Å². The largest absolute Gasteiger partial charge is 0.497 e. The molecule has 2 aliphatic carbocycles. The molecular weight excluding hydrogens is 367 g/mol. The van der Waals surface area contributed by atoms with Crippen molar-refractivity contribution in [2.24, 2.45) is 17.8 Å². The number of ether oxygens (including phenoxy) is 2. The third-order valence-corrected chi connectivity index (χ3v) is 6.64. The van der Waals surface area contributed by atoms with Crippen LogP contribution in [0.5, 0.6) is 11.5 Å². The van der Waals surface area contributed by atoms with Crippen molar-refractivity contribution in [3.63, 3.8) is 0 Å². The Hall–Kier alpha value is -2.07. The van der Waals surface area contributed by atoms with Gasteiger partial charge in [-0.2, -0.15) is 0 Å². The molecule has 1 N–H and O–H groups in total. The van der Waals surface area contributed by atoms with Gasteiger partial charge in [-0.3, -0.25) is 0 Å². The second-order valence-electron chi connectivity index (χ2n) is 8.83. The quantitative estimate of drug-likeness (QED) is 0.604. The molecule has 2 saturated carbocycles. The smallest absolute Gasteiger partial charge is 0.126 e. The molecule has 0 saturated heterocycles. The zero-order valence-corrected chi connectivity index (χ0v) is 17.3. The summed E-state index contributed by atoms with van der Waals surface area (Å²) < 4.78 is 25.5. The van der Waals surface area contributed by atoms with Crippen molar-refractivity contribution >= 4 is 0 Å². The van der Waals surface area contributed by atoms with E-state index < -0.39 is 0 Å². The van der Waals surface area contributed by atoms with Gasteiger partial charge in [-0.05, 0) is 96.7 Å². The van der Waals surface area contributed by atoms with E-state index in [1.54, 1.807) is 13.2 Å². The minimum atomic E-state index is -0.146. The molecule has 0 amide bonds. The molecule has 2 aliphatic rings. The standard InChI is InChI=1S/C25H31FO3/c1-16(14-27)25(18-6-7-18)19-4-3-5-22(12-19)29-15-17-10-20(11-17)23-13-21(28-2)8-9-24(23)26/h3-5,8-9,12-13,16-18,20,25,27H,6-7,10-11,14-15H2,1-2H3. The summed E-state index contributed by atoms with van der Waals surface area (Å²) in [5.74, 6) is 3.52. The van der Waals surface area contributed by atoms with E-state index in [0.29, 0.717) is 30.1 Å². The molecule has 156 valence electrons. The van der Waals surface area contributed by atoms with Gasteiger partial charge in [0.1, 0.15) is 17.3 Å². The minimum Gasteiger partial charge on any atom is -0.497 e. The molecule has 3 nitrogen and oxygen atoms in total. The lowest BCUT2D eigenvalue weighted by Gasteiger charge is -2.35. The molecule has 2 aromatic carbocycles. The molecule has 0 aliphatic heterocycles. The Morgan fingerprint density at radius 2 is 1.90 bits per heavy atom. The molecular formula is C25H31FO3. The van der Waals surface area contributed by atoms with E-state index >= 15 is 0 Å². The molecule has 2 aromatic rings. The Labute approximate surface area is 172 Å². The van der Waals surface area contributed by atoms with E-state index in [9.17, 15) is 9.50 Å². The Balaban J connectivity index is 1.33. The lowest BCUT2D eigenvalue weighted by atomic mass is 9.71. The van der Waals surface area contributed by atoms with Gasteiger partial charge in [-0.25, -0.2) is 4.39 Å².